The van der Waals surface area contributed by atoms with E-state index in [1.165, 1.54) is 11.3 Å². The Balaban J connectivity index is 0.000000704. The Morgan fingerprint density at radius 1 is 1.45 bits per heavy atom. The predicted molar refractivity (Wildman–Crippen MR) is 84.8 cm³/mol. The fourth-order valence-corrected chi connectivity index (χ4v) is 3.39. The normalized spacial score (nSPS) is 23.2. The molecule has 1 saturated heterocycles. The molecule has 0 aromatic heterocycles. The zero-order valence-electron chi connectivity index (χ0n) is 12.6. The number of anilines is 2. The molecule has 1 fully saturated rings. The van der Waals surface area contributed by atoms with Gasteiger partial charge in [-0.05, 0) is 24.6 Å². The molecule has 1 aromatic carbocycles. The summed E-state index contributed by atoms with van der Waals surface area (Å²) in [5.41, 5.74) is 3.73. The third-order valence-electron chi connectivity index (χ3n) is 4.14. The van der Waals surface area contributed by atoms with Crippen molar-refractivity contribution in [1.82, 2.24) is 5.32 Å². The number of hydrogen-bond donors (Lipinski definition) is 2. The minimum Gasteiger partial charge on any atom is -0.386 e. The van der Waals surface area contributed by atoms with Crippen molar-refractivity contribution in [3.05, 3.63) is 23.8 Å². The van der Waals surface area contributed by atoms with E-state index in [0.717, 1.165) is 31.5 Å². The maximum Gasteiger partial charge on any atom is 0.139 e. The zero-order valence-corrected chi connectivity index (χ0v) is 12.6. The molecule has 4 nitrogen and oxygen atoms in total. The number of benzene rings is 1. The van der Waals surface area contributed by atoms with E-state index >= 15 is 0 Å². The molecule has 0 radical (unpaired) electrons. The lowest BCUT2D eigenvalue weighted by Crippen LogP contribution is -2.44. The number of para-hydroxylation sites is 1. The van der Waals surface area contributed by atoms with Gasteiger partial charge in [-0.1, -0.05) is 26.0 Å². The second kappa shape index (κ2) is 6.75. The van der Waals surface area contributed by atoms with E-state index in [9.17, 15) is 4.79 Å². The first-order valence-electron chi connectivity index (χ1n) is 7.58. The molecule has 2 aliphatic rings. The Morgan fingerprint density at radius 3 is 2.95 bits per heavy atom. The summed E-state index contributed by atoms with van der Waals surface area (Å²) in [6, 6.07) is 6.86. The highest BCUT2D eigenvalue weighted by Crippen LogP contribution is 2.46. The number of carbonyl (C=O) groups excluding carboxylic acids is 1. The predicted octanol–water partition coefficient (Wildman–Crippen LogP) is 2.22. The number of nitrogens with zero attached hydrogens (tertiary/aromatic N) is 1. The fraction of sp³-hybridized carbons (Fsp3) is 0.562. The average Bonchev–Trinajstić information content (AvgIpc) is 2.85. The van der Waals surface area contributed by atoms with Gasteiger partial charge >= 0.3 is 0 Å². The van der Waals surface area contributed by atoms with Crippen molar-refractivity contribution in [2.45, 2.75) is 32.2 Å². The van der Waals surface area contributed by atoms with Gasteiger partial charge < -0.3 is 20.3 Å². The van der Waals surface area contributed by atoms with Crippen LogP contribution in [0.1, 0.15) is 31.7 Å². The monoisotopic (exact) mass is 275 g/mol. The smallest absolute Gasteiger partial charge is 0.139 e. The fourth-order valence-electron chi connectivity index (χ4n) is 3.39. The van der Waals surface area contributed by atoms with E-state index < -0.39 is 0 Å². The van der Waals surface area contributed by atoms with Gasteiger partial charge in [-0.25, -0.2) is 0 Å². The lowest BCUT2D eigenvalue weighted by Gasteiger charge is -2.33. The first-order valence-corrected chi connectivity index (χ1v) is 7.58. The minimum absolute atomic E-state index is 0.473. The summed E-state index contributed by atoms with van der Waals surface area (Å²) in [6.45, 7) is 6.55. The zero-order chi connectivity index (χ0) is 14.5. The van der Waals surface area contributed by atoms with Crippen LogP contribution < -0.4 is 15.5 Å². The lowest BCUT2D eigenvalue weighted by atomic mass is 9.90. The van der Waals surface area contributed by atoms with Gasteiger partial charge in [0.15, 0.2) is 0 Å². The van der Waals surface area contributed by atoms with Crippen LogP contribution in [0, 0.1) is 0 Å². The Bertz CT molecular complexity index is 461. The van der Waals surface area contributed by atoms with E-state index in [1.54, 1.807) is 0 Å². The van der Waals surface area contributed by atoms with Crippen LogP contribution in [0.4, 0.5) is 11.4 Å². The molecule has 2 heterocycles. The molecule has 0 amide bonds. The molecule has 2 unspecified atom stereocenters. The van der Waals surface area contributed by atoms with Crippen LogP contribution in [0.3, 0.4) is 0 Å². The Labute approximate surface area is 121 Å². The SMILES string of the molecule is CC.CNc1cccc2c1N(CC=O)C1CCNCC21. The molecule has 2 aliphatic heterocycles. The molecular weight excluding hydrogens is 250 g/mol. The van der Waals surface area contributed by atoms with Gasteiger partial charge in [-0.15, -0.1) is 0 Å². The lowest BCUT2D eigenvalue weighted by molar-refractivity contribution is -0.106. The van der Waals surface area contributed by atoms with E-state index in [0.29, 0.717) is 18.5 Å². The van der Waals surface area contributed by atoms with Crippen LogP contribution in [0.5, 0.6) is 0 Å². The van der Waals surface area contributed by atoms with Crippen LogP contribution >= 0.6 is 0 Å². The molecule has 20 heavy (non-hydrogen) atoms. The Kier molecular flexibility index (Phi) is 5.01. The summed E-state index contributed by atoms with van der Waals surface area (Å²) in [4.78, 5) is 13.2. The third kappa shape index (κ3) is 2.40. The summed E-state index contributed by atoms with van der Waals surface area (Å²) in [5, 5.41) is 6.71. The van der Waals surface area contributed by atoms with Gasteiger partial charge in [0.25, 0.3) is 0 Å². The summed E-state index contributed by atoms with van der Waals surface area (Å²) >= 11 is 0. The minimum atomic E-state index is 0.473. The molecule has 3 rings (SSSR count). The largest absolute Gasteiger partial charge is 0.386 e. The van der Waals surface area contributed by atoms with Crippen LogP contribution in [-0.2, 0) is 4.79 Å². The van der Waals surface area contributed by atoms with Gasteiger partial charge in [0, 0.05) is 25.6 Å². The molecule has 2 atom stereocenters. The highest BCUT2D eigenvalue weighted by atomic mass is 16.1. The molecular formula is C16H25N3O. The van der Waals surface area contributed by atoms with Crippen LogP contribution in [-0.4, -0.2) is 39.0 Å². The maximum atomic E-state index is 11.0. The second-order valence-corrected chi connectivity index (χ2v) is 4.98. The van der Waals surface area contributed by atoms with Crippen molar-refractivity contribution in [3.63, 3.8) is 0 Å². The highest BCUT2D eigenvalue weighted by Gasteiger charge is 2.40. The molecule has 4 heteroatoms. The summed E-state index contributed by atoms with van der Waals surface area (Å²) in [5.74, 6) is 0.516. The van der Waals surface area contributed by atoms with Crippen LogP contribution in [0.25, 0.3) is 0 Å². The van der Waals surface area contributed by atoms with Crippen molar-refractivity contribution >= 4 is 17.7 Å². The number of nitrogens with one attached hydrogen (secondary N) is 2. The quantitative estimate of drug-likeness (QED) is 0.830. The number of rotatable bonds is 3. The van der Waals surface area contributed by atoms with E-state index in [1.807, 2.05) is 20.9 Å². The van der Waals surface area contributed by atoms with Crippen molar-refractivity contribution < 1.29 is 4.79 Å². The van der Waals surface area contributed by atoms with Crippen molar-refractivity contribution in [2.24, 2.45) is 0 Å². The number of aldehydes is 1. The molecule has 110 valence electrons. The summed E-state index contributed by atoms with van der Waals surface area (Å²) < 4.78 is 0. The van der Waals surface area contributed by atoms with E-state index in [-0.39, 0.29) is 0 Å². The van der Waals surface area contributed by atoms with Crippen molar-refractivity contribution in [1.29, 1.82) is 0 Å². The van der Waals surface area contributed by atoms with Gasteiger partial charge in [-0.2, -0.15) is 0 Å². The Morgan fingerprint density at radius 2 is 2.25 bits per heavy atom. The van der Waals surface area contributed by atoms with Gasteiger partial charge in [0.1, 0.15) is 6.29 Å². The van der Waals surface area contributed by atoms with Crippen LogP contribution in [0.2, 0.25) is 0 Å². The molecule has 0 saturated carbocycles. The molecule has 0 spiro atoms. The Hall–Kier alpha value is -1.55. The first kappa shape index (κ1) is 14.9. The molecule has 0 aliphatic carbocycles. The first-order chi connectivity index (χ1) is 9.86. The maximum absolute atomic E-state index is 11.0. The van der Waals surface area contributed by atoms with Crippen molar-refractivity contribution in [2.75, 3.05) is 36.9 Å². The number of hydrogen-bond acceptors (Lipinski definition) is 4. The standard InChI is InChI=1S/C14H19N3O.C2H6/c1-15-12-4-2-3-10-11-9-16-6-5-13(11)17(7-8-18)14(10)12;1-2/h2-4,8,11,13,15-16H,5-7,9H2,1H3;1-2H3. The van der Waals surface area contributed by atoms with E-state index in [2.05, 4.69) is 33.7 Å². The average molecular weight is 275 g/mol. The number of fused-ring (bicyclic) bond motifs is 3. The molecule has 2 N–H and O–H groups in total. The van der Waals surface area contributed by atoms with Gasteiger partial charge in [0.2, 0.25) is 0 Å². The van der Waals surface area contributed by atoms with Crippen LogP contribution in [0.15, 0.2) is 18.2 Å². The second-order valence-electron chi connectivity index (χ2n) is 4.98. The third-order valence-corrected chi connectivity index (χ3v) is 4.14. The molecule has 1 aromatic rings. The summed E-state index contributed by atoms with van der Waals surface area (Å²) in [7, 11) is 1.94. The number of piperidine rings is 1. The summed E-state index contributed by atoms with van der Waals surface area (Å²) in [6.07, 6.45) is 2.12. The van der Waals surface area contributed by atoms with E-state index in [4.69, 9.17) is 0 Å². The highest BCUT2D eigenvalue weighted by molar-refractivity contribution is 5.80. The van der Waals surface area contributed by atoms with Gasteiger partial charge in [-0.3, -0.25) is 0 Å². The number of carbonyl (C=O) groups is 1. The molecule has 0 bridgehead atoms. The van der Waals surface area contributed by atoms with Gasteiger partial charge in [0.05, 0.1) is 17.9 Å². The van der Waals surface area contributed by atoms with Crippen molar-refractivity contribution in [3.8, 4) is 0 Å². The topological polar surface area (TPSA) is 44.4 Å².